The van der Waals surface area contributed by atoms with Gasteiger partial charge in [0.15, 0.2) is 0 Å². The maximum Gasteiger partial charge on any atom is 0.119 e. The molecule has 0 aliphatic rings. The largest absolute Gasteiger partial charge is 0.491 e. The van der Waals surface area contributed by atoms with Crippen LogP contribution in [0.5, 0.6) is 5.75 Å². The van der Waals surface area contributed by atoms with Gasteiger partial charge in [-0.3, -0.25) is 4.99 Å². The predicted octanol–water partition coefficient (Wildman–Crippen LogP) is 5.06. The van der Waals surface area contributed by atoms with Crippen molar-refractivity contribution >= 4 is 11.9 Å². The summed E-state index contributed by atoms with van der Waals surface area (Å²) >= 11 is 0. The second-order valence-electron chi connectivity index (χ2n) is 6.49. The number of nitrogens with zero attached hydrogens (tertiary/aromatic N) is 1. The molecule has 128 valence electrons. The zero-order chi connectivity index (χ0) is 17.5. The van der Waals surface area contributed by atoms with Gasteiger partial charge in [0.05, 0.1) is 12.3 Å². The molecule has 3 heteroatoms. The van der Waals surface area contributed by atoms with Gasteiger partial charge in [-0.15, -0.1) is 0 Å². The van der Waals surface area contributed by atoms with E-state index >= 15 is 0 Å². The zero-order valence-corrected chi connectivity index (χ0v) is 15.0. The molecule has 24 heavy (non-hydrogen) atoms. The van der Waals surface area contributed by atoms with Crippen LogP contribution < -0.4 is 4.74 Å². The molecule has 0 unspecified atom stereocenters. The van der Waals surface area contributed by atoms with Crippen molar-refractivity contribution in [3.05, 3.63) is 59.2 Å². The summed E-state index contributed by atoms with van der Waals surface area (Å²) in [6, 6.07) is 14.2. The van der Waals surface area contributed by atoms with Crippen LogP contribution in [-0.2, 0) is 0 Å². The maximum atomic E-state index is 8.79. The Balaban J connectivity index is 2.27. The number of benzene rings is 2. The Morgan fingerprint density at radius 1 is 0.958 bits per heavy atom. The fourth-order valence-corrected chi connectivity index (χ4v) is 2.61. The van der Waals surface area contributed by atoms with Crippen LogP contribution in [-0.4, -0.2) is 24.5 Å². The van der Waals surface area contributed by atoms with E-state index in [9.17, 15) is 0 Å². The predicted molar refractivity (Wildman–Crippen MR) is 101 cm³/mol. The van der Waals surface area contributed by atoms with E-state index in [0.29, 0.717) is 18.4 Å². The van der Waals surface area contributed by atoms with Crippen molar-refractivity contribution in [3.63, 3.8) is 0 Å². The van der Waals surface area contributed by atoms with Gasteiger partial charge in [0.25, 0.3) is 0 Å². The average Bonchev–Trinajstić information content (AvgIpc) is 2.58. The summed E-state index contributed by atoms with van der Waals surface area (Å²) in [7, 11) is 0. The van der Waals surface area contributed by atoms with Crippen LogP contribution in [0.1, 0.15) is 56.2 Å². The van der Waals surface area contributed by atoms with Crippen LogP contribution in [0.4, 0.5) is 5.69 Å². The second kappa shape index (κ2) is 8.65. The number of para-hydroxylation sites is 1. The van der Waals surface area contributed by atoms with Crippen LogP contribution in [0.3, 0.4) is 0 Å². The minimum absolute atomic E-state index is 0.0210. The smallest absolute Gasteiger partial charge is 0.119 e. The lowest BCUT2D eigenvalue weighted by molar-refractivity contribution is 0.201. The van der Waals surface area contributed by atoms with Crippen LogP contribution in [0.15, 0.2) is 47.5 Å². The lowest BCUT2D eigenvalue weighted by Crippen LogP contribution is -2.01. The van der Waals surface area contributed by atoms with Crippen LogP contribution >= 0.6 is 0 Å². The third-order valence-electron chi connectivity index (χ3n) is 3.93. The molecule has 0 aliphatic carbocycles. The molecular weight excluding hydrogens is 298 g/mol. The van der Waals surface area contributed by atoms with Gasteiger partial charge in [0.1, 0.15) is 12.4 Å². The molecule has 0 saturated heterocycles. The molecule has 2 aromatic rings. The first-order chi connectivity index (χ1) is 11.5. The highest BCUT2D eigenvalue weighted by Crippen LogP contribution is 2.34. The molecule has 0 fully saturated rings. The molecule has 3 nitrogen and oxygen atoms in total. The van der Waals surface area contributed by atoms with E-state index in [0.717, 1.165) is 17.0 Å². The molecule has 0 saturated carbocycles. The molecule has 0 atom stereocenters. The summed E-state index contributed by atoms with van der Waals surface area (Å²) in [5.74, 6) is 1.63. The highest BCUT2D eigenvalue weighted by molar-refractivity contribution is 5.83. The molecule has 0 aliphatic heterocycles. The quantitative estimate of drug-likeness (QED) is 0.723. The fourth-order valence-electron chi connectivity index (χ4n) is 2.61. The third kappa shape index (κ3) is 4.68. The normalized spacial score (nSPS) is 11.6. The van der Waals surface area contributed by atoms with Gasteiger partial charge in [0, 0.05) is 6.21 Å². The molecule has 0 radical (unpaired) electrons. The molecule has 0 aromatic heterocycles. The lowest BCUT2D eigenvalue weighted by atomic mass is 9.93. The lowest BCUT2D eigenvalue weighted by Gasteiger charge is -2.16. The Morgan fingerprint density at radius 3 is 2.04 bits per heavy atom. The number of hydrogen-bond acceptors (Lipinski definition) is 3. The number of ether oxygens (including phenoxy) is 1. The highest BCUT2D eigenvalue weighted by Gasteiger charge is 2.12. The Labute approximate surface area is 145 Å². The molecule has 2 rings (SSSR count). The van der Waals surface area contributed by atoms with Crippen LogP contribution in [0.2, 0.25) is 0 Å². The van der Waals surface area contributed by atoms with E-state index in [1.54, 1.807) is 0 Å². The summed E-state index contributed by atoms with van der Waals surface area (Å²) in [6.45, 7) is 9.13. The summed E-state index contributed by atoms with van der Waals surface area (Å²) in [4.78, 5) is 4.80. The Bertz CT molecular complexity index is 646. The van der Waals surface area contributed by atoms with Crippen molar-refractivity contribution in [3.8, 4) is 5.75 Å². The topological polar surface area (TPSA) is 41.8 Å². The number of aliphatic hydroxyl groups is 1. The summed E-state index contributed by atoms with van der Waals surface area (Å²) in [5, 5.41) is 8.79. The van der Waals surface area contributed by atoms with E-state index in [2.05, 4.69) is 45.9 Å². The Kier molecular flexibility index (Phi) is 6.56. The zero-order valence-electron chi connectivity index (χ0n) is 15.0. The van der Waals surface area contributed by atoms with Gasteiger partial charge >= 0.3 is 0 Å². The number of aliphatic hydroxyl groups excluding tert-OH is 1. The highest BCUT2D eigenvalue weighted by atomic mass is 16.5. The van der Waals surface area contributed by atoms with Crippen molar-refractivity contribution < 1.29 is 9.84 Å². The first kappa shape index (κ1) is 18.2. The summed E-state index contributed by atoms with van der Waals surface area (Å²) in [5.41, 5.74) is 4.67. The SMILES string of the molecule is CC(C)c1cccc(C(C)C)c1/N=C/c1ccc(OCCO)cc1. The van der Waals surface area contributed by atoms with Crippen molar-refractivity contribution in [1.82, 2.24) is 0 Å². The average molecular weight is 325 g/mol. The van der Waals surface area contributed by atoms with E-state index in [4.69, 9.17) is 14.8 Å². The molecule has 1 N–H and O–H groups in total. The van der Waals surface area contributed by atoms with Gasteiger partial charge in [-0.05, 0) is 52.8 Å². The Morgan fingerprint density at radius 2 is 1.54 bits per heavy atom. The number of aliphatic imine (C=N–C) groups is 1. The molecule has 0 spiro atoms. The first-order valence-corrected chi connectivity index (χ1v) is 8.53. The van der Waals surface area contributed by atoms with Crippen molar-refractivity contribution in [1.29, 1.82) is 0 Å². The Hall–Kier alpha value is -2.13. The van der Waals surface area contributed by atoms with E-state index in [-0.39, 0.29) is 6.61 Å². The molecule has 0 heterocycles. The summed E-state index contributed by atoms with van der Waals surface area (Å²) in [6.07, 6.45) is 1.91. The van der Waals surface area contributed by atoms with Gasteiger partial charge in [-0.25, -0.2) is 0 Å². The van der Waals surface area contributed by atoms with Gasteiger partial charge in [0.2, 0.25) is 0 Å². The minimum atomic E-state index is 0.0210. The third-order valence-corrected chi connectivity index (χ3v) is 3.93. The molecule has 0 bridgehead atoms. The van der Waals surface area contributed by atoms with Crippen LogP contribution in [0, 0.1) is 0 Å². The van der Waals surface area contributed by atoms with Gasteiger partial charge in [-0.2, -0.15) is 0 Å². The van der Waals surface area contributed by atoms with Crippen LogP contribution in [0.25, 0.3) is 0 Å². The first-order valence-electron chi connectivity index (χ1n) is 8.53. The minimum Gasteiger partial charge on any atom is -0.491 e. The van der Waals surface area contributed by atoms with Crippen molar-refractivity contribution in [2.24, 2.45) is 4.99 Å². The van der Waals surface area contributed by atoms with Gasteiger partial charge in [-0.1, -0.05) is 45.9 Å². The fraction of sp³-hybridized carbons (Fsp3) is 0.381. The van der Waals surface area contributed by atoms with E-state index < -0.39 is 0 Å². The second-order valence-corrected chi connectivity index (χ2v) is 6.49. The maximum absolute atomic E-state index is 8.79. The van der Waals surface area contributed by atoms with Crippen molar-refractivity contribution in [2.45, 2.75) is 39.5 Å². The van der Waals surface area contributed by atoms with E-state index in [1.807, 2.05) is 30.5 Å². The van der Waals surface area contributed by atoms with Crippen molar-refractivity contribution in [2.75, 3.05) is 13.2 Å². The molecular formula is C21H27NO2. The number of hydrogen-bond donors (Lipinski definition) is 1. The van der Waals surface area contributed by atoms with E-state index in [1.165, 1.54) is 11.1 Å². The monoisotopic (exact) mass is 325 g/mol. The number of rotatable bonds is 7. The molecule has 2 aromatic carbocycles. The standard InChI is InChI=1S/C21H27NO2/c1-15(2)19-6-5-7-20(16(3)4)21(19)22-14-17-8-10-18(11-9-17)24-13-12-23/h5-11,14-16,23H,12-13H2,1-4H3/b22-14+. The molecule has 0 amide bonds. The summed E-state index contributed by atoms with van der Waals surface area (Å²) < 4.78 is 5.38. The van der Waals surface area contributed by atoms with Gasteiger partial charge < -0.3 is 9.84 Å².